The van der Waals surface area contributed by atoms with Crippen molar-refractivity contribution in [3.8, 4) is 5.75 Å². The molecule has 10 heteroatoms. The Morgan fingerprint density at radius 3 is 2.49 bits per heavy atom. The number of hydrogen-bond acceptors (Lipinski definition) is 5. The molecule has 39 heavy (non-hydrogen) atoms. The molecule has 3 amide bonds. The zero-order valence-corrected chi connectivity index (χ0v) is 23.2. The number of para-hydroxylation sites is 1. The van der Waals surface area contributed by atoms with Crippen LogP contribution >= 0.6 is 46.6 Å². The molecule has 1 aliphatic rings. The Morgan fingerprint density at radius 2 is 1.69 bits per heavy atom. The molecule has 1 saturated heterocycles. The fraction of sp³-hybridized carbons (Fsp3) is 0.0690. The first-order chi connectivity index (χ1) is 18.8. The van der Waals surface area contributed by atoms with Crippen LogP contribution in [0.3, 0.4) is 0 Å². The van der Waals surface area contributed by atoms with E-state index in [1.165, 1.54) is 0 Å². The molecule has 1 fully saturated rings. The summed E-state index contributed by atoms with van der Waals surface area (Å²) in [7, 11) is 0. The lowest BCUT2D eigenvalue weighted by molar-refractivity contribution is -0.127. The topological polar surface area (TPSA) is 75.7 Å². The number of benzene rings is 4. The van der Waals surface area contributed by atoms with Gasteiger partial charge in [-0.1, -0.05) is 83.3 Å². The van der Waals surface area contributed by atoms with Crippen LogP contribution < -0.4 is 10.1 Å². The van der Waals surface area contributed by atoms with E-state index in [1.807, 2.05) is 30.3 Å². The zero-order chi connectivity index (χ0) is 27.5. The number of rotatable bonds is 7. The normalized spacial score (nSPS) is 14.3. The lowest BCUT2D eigenvalue weighted by Gasteiger charge is -2.14. The third kappa shape index (κ3) is 6.07. The van der Waals surface area contributed by atoms with Gasteiger partial charge in [0.25, 0.3) is 11.1 Å². The van der Waals surface area contributed by atoms with E-state index in [0.29, 0.717) is 32.1 Å². The maximum atomic E-state index is 13.2. The van der Waals surface area contributed by atoms with Crippen LogP contribution in [-0.4, -0.2) is 28.5 Å². The van der Waals surface area contributed by atoms with Crippen LogP contribution in [0.15, 0.2) is 83.8 Å². The third-order valence-corrected chi connectivity index (χ3v) is 7.75. The summed E-state index contributed by atoms with van der Waals surface area (Å²) in [5.74, 6) is -0.609. The number of carbonyl (C=O) groups is 3. The molecule has 0 radical (unpaired) electrons. The van der Waals surface area contributed by atoms with Crippen molar-refractivity contribution in [1.29, 1.82) is 0 Å². The summed E-state index contributed by atoms with van der Waals surface area (Å²) < 4.78 is 6.13. The van der Waals surface area contributed by atoms with Crippen molar-refractivity contribution in [3.05, 3.63) is 110 Å². The number of amides is 3. The molecule has 1 aliphatic heterocycles. The molecule has 5 rings (SSSR count). The van der Waals surface area contributed by atoms with Crippen molar-refractivity contribution < 1.29 is 19.1 Å². The van der Waals surface area contributed by atoms with Crippen molar-refractivity contribution in [2.45, 2.75) is 6.61 Å². The predicted octanol–water partition coefficient (Wildman–Crippen LogP) is 8.05. The van der Waals surface area contributed by atoms with Gasteiger partial charge in [-0.3, -0.25) is 19.3 Å². The summed E-state index contributed by atoms with van der Waals surface area (Å²) in [6.45, 7) is -0.278. The van der Waals surface area contributed by atoms with E-state index in [2.05, 4.69) is 5.32 Å². The number of anilines is 1. The summed E-state index contributed by atoms with van der Waals surface area (Å²) in [6.07, 6.45) is 1.62. The van der Waals surface area contributed by atoms with E-state index < -0.39 is 23.6 Å². The van der Waals surface area contributed by atoms with Gasteiger partial charge < -0.3 is 10.1 Å². The van der Waals surface area contributed by atoms with E-state index >= 15 is 0 Å². The van der Waals surface area contributed by atoms with Crippen LogP contribution in [0.5, 0.6) is 5.75 Å². The second-order valence-electron chi connectivity index (χ2n) is 8.52. The average Bonchev–Trinajstić information content (AvgIpc) is 3.17. The molecule has 196 valence electrons. The quantitative estimate of drug-likeness (QED) is 0.218. The first-order valence-corrected chi connectivity index (χ1v) is 13.6. The van der Waals surface area contributed by atoms with Crippen molar-refractivity contribution in [2.75, 3.05) is 11.9 Å². The molecular weight excluding hydrogens is 579 g/mol. The van der Waals surface area contributed by atoms with E-state index in [9.17, 15) is 14.4 Å². The summed E-state index contributed by atoms with van der Waals surface area (Å²) in [5, 5.41) is 5.19. The highest BCUT2D eigenvalue weighted by atomic mass is 35.5. The van der Waals surface area contributed by atoms with E-state index in [4.69, 9.17) is 39.5 Å². The van der Waals surface area contributed by atoms with Gasteiger partial charge in [0.2, 0.25) is 5.91 Å². The van der Waals surface area contributed by atoms with Crippen molar-refractivity contribution in [3.63, 3.8) is 0 Å². The van der Waals surface area contributed by atoms with Crippen LogP contribution in [-0.2, 0) is 16.2 Å². The van der Waals surface area contributed by atoms with E-state index in [0.717, 1.165) is 33.0 Å². The van der Waals surface area contributed by atoms with E-state index in [-0.39, 0.29) is 11.5 Å². The lowest BCUT2D eigenvalue weighted by Crippen LogP contribution is -2.36. The molecule has 4 aromatic carbocycles. The number of imide groups is 1. The summed E-state index contributed by atoms with van der Waals surface area (Å²) in [5.41, 5.74) is 1.76. The molecular formula is C29H19Cl3N2O4S. The van der Waals surface area contributed by atoms with Crippen molar-refractivity contribution in [1.82, 2.24) is 4.90 Å². The Bertz CT molecular complexity index is 1660. The molecule has 0 atom stereocenters. The highest BCUT2D eigenvalue weighted by molar-refractivity contribution is 8.18. The first-order valence-electron chi connectivity index (χ1n) is 11.7. The average molecular weight is 598 g/mol. The van der Waals surface area contributed by atoms with Crippen LogP contribution in [0.25, 0.3) is 16.8 Å². The minimum Gasteiger partial charge on any atom is -0.488 e. The molecule has 0 saturated carbocycles. The maximum absolute atomic E-state index is 13.2. The van der Waals surface area contributed by atoms with Gasteiger partial charge in [0.15, 0.2) is 0 Å². The Labute approximate surface area is 243 Å². The highest BCUT2D eigenvalue weighted by Gasteiger charge is 2.36. The Balaban J connectivity index is 1.41. The largest absolute Gasteiger partial charge is 0.488 e. The molecule has 6 nitrogen and oxygen atoms in total. The Kier molecular flexibility index (Phi) is 8.14. The number of fused-ring (bicyclic) bond motifs is 1. The monoisotopic (exact) mass is 596 g/mol. The molecule has 0 aromatic heterocycles. The fourth-order valence-electron chi connectivity index (χ4n) is 4.01. The summed E-state index contributed by atoms with van der Waals surface area (Å²) in [6, 6.07) is 23.2. The van der Waals surface area contributed by atoms with Crippen molar-refractivity contribution >= 4 is 86.2 Å². The van der Waals surface area contributed by atoms with Gasteiger partial charge in [0.05, 0.1) is 15.6 Å². The number of thioether (sulfide) groups is 1. The first kappa shape index (κ1) is 27.1. The van der Waals surface area contributed by atoms with Gasteiger partial charge in [-0.25, -0.2) is 0 Å². The van der Waals surface area contributed by atoms with E-state index in [1.54, 1.807) is 54.6 Å². The minimum absolute atomic E-state index is 0.166. The lowest BCUT2D eigenvalue weighted by atomic mass is 10.0. The molecule has 0 spiro atoms. The second-order valence-corrected chi connectivity index (χ2v) is 10.8. The fourth-order valence-corrected chi connectivity index (χ4v) is 5.47. The highest BCUT2D eigenvalue weighted by Crippen LogP contribution is 2.37. The van der Waals surface area contributed by atoms with Crippen LogP contribution in [0.1, 0.15) is 11.1 Å². The predicted molar refractivity (Wildman–Crippen MR) is 158 cm³/mol. The van der Waals surface area contributed by atoms with Gasteiger partial charge in [0.1, 0.15) is 18.9 Å². The van der Waals surface area contributed by atoms with Gasteiger partial charge in [-0.2, -0.15) is 0 Å². The molecule has 4 aromatic rings. The number of nitrogens with one attached hydrogen (secondary N) is 1. The van der Waals surface area contributed by atoms with Crippen LogP contribution in [0, 0.1) is 0 Å². The Morgan fingerprint density at radius 1 is 0.923 bits per heavy atom. The number of nitrogens with zero attached hydrogens (tertiary/aromatic N) is 1. The SMILES string of the molecule is O=C(CN1C(=O)S/C(=C/c2c(OCc3ccc(Cl)cc3Cl)ccc3ccccc23)C1=O)Nc1ccccc1Cl. The van der Waals surface area contributed by atoms with Gasteiger partial charge >= 0.3 is 0 Å². The molecule has 0 unspecified atom stereocenters. The number of hydrogen-bond donors (Lipinski definition) is 1. The van der Waals surface area contributed by atoms with Crippen LogP contribution in [0.2, 0.25) is 15.1 Å². The van der Waals surface area contributed by atoms with Gasteiger partial charge in [-0.05, 0) is 58.9 Å². The zero-order valence-electron chi connectivity index (χ0n) is 20.1. The standard InChI is InChI=1S/C29H19Cl3N2O4S/c30-19-11-9-18(23(32)13-19)16-38-25-12-10-17-5-1-2-6-20(17)21(25)14-26-28(36)34(29(37)39-26)15-27(35)33-24-8-4-3-7-22(24)31/h1-14H,15-16H2,(H,33,35)/b26-14+. The third-order valence-electron chi connectivity index (χ3n) is 5.93. The van der Waals surface area contributed by atoms with Crippen LogP contribution in [0.4, 0.5) is 10.5 Å². The van der Waals surface area contributed by atoms with Gasteiger partial charge in [-0.15, -0.1) is 0 Å². The second kappa shape index (κ2) is 11.7. The number of ether oxygens (including phenoxy) is 1. The Hall–Kier alpha value is -3.49. The smallest absolute Gasteiger partial charge is 0.294 e. The van der Waals surface area contributed by atoms with Crippen molar-refractivity contribution in [2.24, 2.45) is 0 Å². The molecule has 1 heterocycles. The van der Waals surface area contributed by atoms with Gasteiger partial charge in [0, 0.05) is 21.2 Å². The molecule has 1 N–H and O–H groups in total. The summed E-state index contributed by atoms with van der Waals surface area (Å²) in [4.78, 5) is 39.6. The molecule has 0 bridgehead atoms. The molecule has 0 aliphatic carbocycles. The maximum Gasteiger partial charge on any atom is 0.294 e. The summed E-state index contributed by atoms with van der Waals surface area (Å²) >= 11 is 19.2. The minimum atomic E-state index is -0.570. The number of halogens is 3. The number of carbonyl (C=O) groups excluding carboxylic acids is 3.